The molecular weight excluding hydrogens is 306 g/mol. The summed E-state index contributed by atoms with van der Waals surface area (Å²) in [7, 11) is 0. The van der Waals surface area contributed by atoms with Crippen molar-refractivity contribution in [2.24, 2.45) is 0 Å². The van der Waals surface area contributed by atoms with Crippen LogP contribution in [0.5, 0.6) is 5.75 Å². The number of anilines is 1. The van der Waals surface area contributed by atoms with E-state index in [-0.39, 0.29) is 23.5 Å². The van der Waals surface area contributed by atoms with E-state index in [1.165, 1.54) is 18.2 Å². The predicted octanol–water partition coefficient (Wildman–Crippen LogP) is 2.35. The number of phenols is 1. The lowest BCUT2D eigenvalue weighted by Gasteiger charge is -2.09. The van der Waals surface area contributed by atoms with Gasteiger partial charge >= 0.3 is 0 Å². The zero-order chi connectivity index (χ0) is 17.0. The fourth-order valence-electron chi connectivity index (χ4n) is 1.87. The number of hydrogen-bond acceptors (Lipinski definition) is 3. The van der Waals surface area contributed by atoms with Gasteiger partial charge in [0.05, 0.1) is 12.1 Å². The number of aromatic hydroxyl groups is 1. The Morgan fingerprint density at radius 3 is 2.52 bits per heavy atom. The molecule has 0 bridgehead atoms. The molecule has 0 atom stereocenters. The molecule has 120 valence electrons. The number of benzene rings is 2. The largest absolute Gasteiger partial charge is 0.507 e. The minimum Gasteiger partial charge on any atom is -0.507 e. The maximum absolute atomic E-state index is 13.0. The van der Waals surface area contributed by atoms with Crippen molar-refractivity contribution in [2.75, 3.05) is 11.9 Å². The molecule has 0 spiro atoms. The van der Waals surface area contributed by atoms with Crippen LogP contribution in [-0.4, -0.2) is 23.5 Å². The molecule has 7 heteroatoms. The normalized spacial score (nSPS) is 10.2. The highest BCUT2D eigenvalue weighted by atomic mass is 19.2. The summed E-state index contributed by atoms with van der Waals surface area (Å²) in [6.07, 6.45) is 0. The summed E-state index contributed by atoms with van der Waals surface area (Å²) in [6, 6.07) is 7.42. The molecule has 3 N–H and O–H groups in total. The molecule has 5 nitrogen and oxygen atoms in total. The average Bonchev–Trinajstić information content (AvgIpc) is 2.51. The molecule has 0 aliphatic carbocycles. The number of carbonyl (C=O) groups is 2. The van der Waals surface area contributed by atoms with E-state index >= 15 is 0 Å². The molecule has 0 heterocycles. The molecular formula is C16H14F2N2O3. The molecule has 23 heavy (non-hydrogen) atoms. The summed E-state index contributed by atoms with van der Waals surface area (Å²) in [5.41, 5.74) is 0.895. The minimum absolute atomic E-state index is 0.0469. The first-order valence-corrected chi connectivity index (χ1v) is 6.69. The smallest absolute Gasteiger partial charge is 0.255 e. The SMILES string of the molecule is Cc1ccc(O)c(C(=O)NCC(=O)Nc2ccc(F)c(F)c2)c1. The molecule has 2 rings (SSSR count). The van der Waals surface area contributed by atoms with E-state index < -0.39 is 23.4 Å². The molecule has 0 saturated carbocycles. The van der Waals surface area contributed by atoms with Crippen LogP contribution in [-0.2, 0) is 4.79 Å². The van der Waals surface area contributed by atoms with Crippen molar-refractivity contribution in [3.05, 3.63) is 59.2 Å². The van der Waals surface area contributed by atoms with E-state index in [9.17, 15) is 23.5 Å². The molecule has 0 radical (unpaired) electrons. The molecule has 0 unspecified atom stereocenters. The Bertz CT molecular complexity index is 763. The van der Waals surface area contributed by atoms with Gasteiger partial charge in [0.2, 0.25) is 5.91 Å². The summed E-state index contributed by atoms with van der Waals surface area (Å²) in [5, 5.41) is 14.3. The summed E-state index contributed by atoms with van der Waals surface area (Å²) in [4.78, 5) is 23.6. The lowest BCUT2D eigenvalue weighted by atomic mass is 10.1. The quantitative estimate of drug-likeness (QED) is 0.809. The van der Waals surface area contributed by atoms with E-state index in [1.54, 1.807) is 13.0 Å². The fraction of sp³-hybridized carbons (Fsp3) is 0.125. The minimum atomic E-state index is -1.09. The van der Waals surface area contributed by atoms with E-state index in [1.807, 2.05) is 0 Å². The van der Waals surface area contributed by atoms with Gasteiger partial charge in [0.15, 0.2) is 11.6 Å². The zero-order valence-corrected chi connectivity index (χ0v) is 12.2. The number of hydrogen-bond donors (Lipinski definition) is 3. The first-order chi connectivity index (χ1) is 10.9. The van der Waals surface area contributed by atoms with Gasteiger partial charge in [0.1, 0.15) is 5.75 Å². The van der Waals surface area contributed by atoms with Gasteiger partial charge in [-0.2, -0.15) is 0 Å². The number of carbonyl (C=O) groups excluding carboxylic acids is 2. The van der Waals surface area contributed by atoms with Crippen LogP contribution in [0.2, 0.25) is 0 Å². The van der Waals surface area contributed by atoms with Crippen molar-refractivity contribution >= 4 is 17.5 Å². The van der Waals surface area contributed by atoms with Gasteiger partial charge in [-0.05, 0) is 31.2 Å². The number of rotatable bonds is 4. The van der Waals surface area contributed by atoms with Crippen LogP contribution >= 0.6 is 0 Å². The predicted molar refractivity (Wildman–Crippen MR) is 80.2 cm³/mol. The summed E-state index contributed by atoms with van der Waals surface area (Å²) in [6.45, 7) is 1.37. The highest BCUT2D eigenvalue weighted by Gasteiger charge is 2.13. The second kappa shape index (κ2) is 6.87. The Balaban J connectivity index is 1.94. The van der Waals surface area contributed by atoms with Crippen molar-refractivity contribution < 1.29 is 23.5 Å². The van der Waals surface area contributed by atoms with E-state index in [2.05, 4.69) is 10.6 Å². The lowest BCUT2D eigenvalue weighted by Crippen LogP contribution is -2.33. The van der Waals surface area contributed by atoms with Crippen molar-refractivity contribution in [2.45, 2.75) is 6.92 Å². The topological polar surface area (TPSA) is 78.4 Å². The van der Waals surface area contributed by atoms with Crippen molar-refractivity contribution in [3.8, 4) is 5.75 Å². The molecule has 0 saturated heterocycles. The van der Waals surface area contributed by atoms with Crippen molar-refractivity contribution in [1.29, 1.82) is 0 Å². The van der Waals surface area contributed by atoms with E-state index in [0.717, 1.165) is 17.7 Å². The summed E-state index contributed by atoms with van der Waals surface area (Å²) < 4.78 is 25.8. The molecule has 2 aromatic rings. The number of amides is 2. The number of nitrogens with one attached hydrogen (secondary N) is 2. The summed E-state index contributed by atoms with van der Waals surface area (Å²) in [5.74, 6) is -3.54. The molecule has 2 amide bonds. The maximum Gasteiger partial charge on any atom is 0.255 e. The van der Waals surface area contributed by atoms with Crippen LogP contribution in [0.4, 0.5) is 14.5 Å². The maximum atomic E-state index is 13.0. The average molecular weight is 320 g/mol. The third-order valence-corrected chi connectivity index (χ3v) is 3.01. The van der Waals surface area contributed by atoms with E-state index in [0.29, 0.717) is 0 Å². The Kier molecular flexibility index (Phi) is 4.90. The fourth-order valence-corrected chi connectivity index (χ4v) is 1.87. The van der Waals surface area contributed by atoms with Crippen LogP contribution in [0.3, 0.4) is 0 Å². The van der Waals surface area contributed by atoms with Gasteiger partial charge in [0, 0.05) is 11.8 Å². The first-order valence-electron chi connectivity index (χ1n) is 6.69. The molecule has 2 aromatic carbocycles. The van der Waals surface area contributed by atoms with Crippen molar-refractivity contribution in [1.82, 2.24) is 5.32 Å². The number of aryl methyl sites for hydroxylation is 1. The third kappa shape index (κ3) is 4.26. The van der Waals surface area contributed by atoms with Crippen LogP contribution in [0.1, 0.15) is 15.9 Å². The molecule has 0 aliphatic rings. The number of halogens is 2. The van der Waals surface area contributed by atoms with Gasteiger partial charge in [-0.1, -0.05) is 11.6 Å². The lowest BCUT2D eigenvalue weighted by molar-refractivity contribution is -0.115. The van der Waals surface area contributed by atoms with Gasteiger partial charge < -0.3 is 15.7 Å². The molecule has 0 aliphatic heterocycles. The van der Waals surface area contributed by atoms with Gasteiger partial charge in [-0.3, -0.25) is 9.59 Å². The Morgan fingerprint density at radius 1 is 1.09 bits per heavy atom. The monoisotopic (exact) mass is 320 g/mol. The zero-order valence-electron chi connectivity index (χ0n) is 12.2. The van der Waals surface area contributed by atoms with Gasteiger partial charge in [-0.15, -0.1) is 0 Å². The third-order valence-electron chi connectivity index (χ3n) is 3.01. The van der Waals surface area contributed by atoms with Crippen LogP contribution in [0.15, 0.2) is 36.4 Å². The van der Waals surface area contributed by atoms with Crippen molar-refractivity contribution in [3.63, 3.8) is 0 Å². The highest BCUT2D eigenvalue weighted by molar-refractivity contribution is 6.00. The second-order valence-corrected chi connectivity index (χ2v) is 4.88. The first kappa shape index (κ1) is 16.4. The van der Waals surface area contributed by atoms with E-state index in [4.69, 9.17) is 0 Å². The molecule has 0 fully saturated rings. The standard InChI is InChI=1S/C16H14F2N2O3/c1-9-2-5-14(21)11(6-9)16(23)19-8-15(22)20-10-3-4-12(17)13(18)7-10/h2-7,21H,8H2,1H3,(H,19,23)(H,20,22). The van der Waals surface area contributed by atoms with Crippen LogP contribution in [0.25, 0.3) is 0 Å². The Morgan fingerprint density at radius 2 is 1.83 bits per heavy atom. The Labute approximate surface area is 130 Å². The highest BCUT2D eigenvalue weighted by Crippen LogP contribution is 2.18. The van der Waals surface area contributed by atoms with Crippen LogP contribution in [0, 0.1) is 18.6 Å². The van der Waals surface area contributed by atoms with Gasteiger partial charge in [0.25, 0.3) is 5.91 Å². The van der Waals surface area contributed by atoms with Gasteiger partial charge in [-0.25, -0.2) is 8.78 Å². The molecule has 0 aromatic heterocycles. The second-order valence-electron chi connectivity index (χ2n) is 4.88. The Hall–Kier alpha value is -2.96. The number of phenolic OH excluding ortho intramolecular Hbond substituents is 1. The summed E-state index contributed by atoms with van der Waals surface area (Å²) >= 11 is 0. The van der Waals surface area contributed by atoms with Crippen LogP contribution < -0.4 is 10.6 Å².